The second-order valence-corrected chi connectivity index (χ2v) is 8.52. The van der Waals surface area contributed by atoms with Crippen LogP contribution in [0.15, 0.2) is 36.5 Å². The van der Waals surface area contributed by atoms with Gasteiger partial charge in [0, 0.05) is 18.7 Å². The zero-order chi connectivity index (χ0) is 22.3. The van der Waals surface area contributed by atoms with E-state index < -0.39 is 38.4 Å². The van der Waals surface area contributed by atoms with Crippen molar-refractivity contribution in [3.8, 4) is 22.9 Å². The first kappa shape index (κ1) is 20.8. The molecule has 160 valence electrons. The lowest BCUT2D eigenvalue weighted by atomic mass is 10.0. The lowest BCUT2D eigenvalue weighted by Crippen LogP contribution is -2.48. The Labute approximate surface area is 176 Å². The molecule has 4 rings (SSSR count). The van der Waals surface area contributed by atoms with Crippen LogP contribution in [0.25, 0.3) is 11.1 Å². The van der Waals surface area contributed by atoms with E-state index in [1.165, 1.54) is 4.90 Å². The number of ether oxygens (including phenoxy) is 2. The van der Waals surface area contributed by atoms with Crippen LogP contribution in [0.3, 0.4) is 0 Å². The Hall–Kier alpha value is -3.45. The first-order valence-corrected chi connectivity index (χ1v) is 10.7. The van der Waals surface area contributed by atoms with Crippen LogP contribution in [-0.4, -0.2) is 56.7 Å². The van der Waals surface area contributed by atoms with Crippen molar-refractivity contribution in [3.05, 3.63) is 42.2 Å². The van der Waals surface area contributed by atoms with Crippen LogP contribution in [0.2, 0.25) is 0 Å². The number of benzene rings is 1. The SMILES string of the molecule is CC(=O)N(C[C@@H]1OC(=O)N2c3ccc(-c4ccc(C#N)nc4)cc3OCC12)P(=O)(O)O. The summed E-state index contributed by atoms with van der Waals surface area (Å²) in [6, 6.07) is 9.79. The molecule has 0 aliphatic carbocycles. The van der Waals surface area contributed by atoms with Gasteiger partial charge in [0.05, 0.1) is 12.2 Å². The molecule has 0 spiro atoms. The zero-order valence-electron chi connectivity index (χ0n) is 16.2. The Morgan fingerprint density at radius 3 is 2.71 bits per heavy atom. The molecule has 2 atom stereocenters. The monoisotopic (exact) mass is 444 g/mol. The molecule has 2 aliphatic heterocycles. The quantitative estimate of drug-likeness (QED) is 0.670. The summed E-state index contributed by atoms with van der Waals surface area (Å²) < 4.78 is 23.1. The van der Waals surface area contributed by atoms with E-state index in [9.17, 15) is 23.9 Å². The van der Waals surface area contributed by atoms with Crippen LogP contribution in [0.5, 0.6) is 5.75 Å². The standard InChI is InChI=1S/C19H17N4O7P/c1-11(24)22(31(26,27)28)9-18-16-10-29-17-6-12(13-2-4-14(7-20)21-8-13)3-5-15(17)23(16)19(25)30-18/h2-6,8,16,18H,9-10H2,1H3,(H2,26,27,28)/t16?,18-/m0/s1. The number of aromatic nitrogens is 1. The topological polar surface area (TPSA) is 153 Å². The van der Waals surface area contributed by atoms with Gasteiger partial charge in [0.2, 0.25) is 5.91 Å². The number of hydrogen-bond acceptors (Lipinski definition) is 7. The van der Waals surface area contributed by atoms with Crippen molar-refractivity contribution in [2.24, 2.45) is 0 Å². The lowest BCUT2D eigenvalue weighted by molar-refractivity contribution is -0.126. The van der Waals surface area contributed by atoms with Gasteiger partial charge < -0.3 is 19.3 Å². The van der Waals surface area contributed by atoms with E-state index in [0.29, 0.717) is 21.8 Å². The van der Waals surface area contributed by atoms with Gasteiger partial charge >= 0.3 is 13.8 Å². The van der Waals surface area contributed by atoms with Gasteiger partial charge in [0.25, 0.3) is 0 Å². The average molecular weight is 444 g/mol. The van der Waals surface area contributed by atoms with Gasteiger partial charge in [-0.3, -0.25) is 9.69 Å². The molecule has 12 heteroatoms. The molecular formula is C19H17N4O7P. The molecular weight excluding hydrogens is 427 g/mol. The fraction of sp³-hybridized carbons (Fsp3) is 0.263. The number of fused-ring (bicyclic) bond motifs is 3. The largest absolute Gasteiger partial charge is 0.489 e. The van der Waals surface area contributed by atoms with Crippen LogP contribution in [0, 0.1) is 11.3 Å². The summed E-state index contributed by atoms with van der Waals surface area (Å²) in [6.07, 6.45) is -0.106. The number of nitriles is 1. The number of carbonyl (C=O) groups is 2. The van der Waals surface area contributed by atoms with E-state index in [1.807, 2.05) is 6.07 Å². The van der Waals surface area contributed by atoms with E-state index in [1.54, 1.807) is 36.5 Å². The Bertz CT molecular complexity index is 1140. The molecule has 1 fully saturated rings. The summed E-state index contributed by atoms with van der Waals surface area (Å²) in [4.78, 5) is 48.4. The van der Waals surface area contributed by atoms with E-state index in [-0.39, 0.29) is 6.61 Å². The van der Waals surface area contributed by atoms with E-state index in [0.717, 1.165) is 18.1 Å². The van der Waals surface area contributed by atoms with Crippen molar-refractivity contribution in [2.45, 2.75) is 19.1 Å². The maximum absolute atomic E-state index is 12.5. The van der Waals surface area contributed by atoms with Gasteiger partial charge in [0.15, 0.2) is 0 Å². The number of cyclic esters (lactones) is 1. The predicted molar refractivity (Wildman–Crippen MR) is 106 cm³/mol. The summed E-state index contributed by atoms with van der Waals surface area (Å²) in [5.41, 5.74) is 2.26. The lowest BCUT2D eigenvalue weighted by Gasteiger charge is -2.33. The van der Waals surface area contributed by atoms with Crippen molar-refractivity contribution in [3.63, 3.8) is 0 Å². The number of hydrogen-bond donors (Lipinski definition) is 2. The highest BCUT2D eigenvalue weighted by atomic mass is 31.2. The highest BCUT2D eigenvalue weighted by Gasteiger charge is 2.48. The second kappa shape index (κ2) is 7.67. The highest BCUT2D eigenvalue weighted by Crippen LogP contribution is 2.44. The van der Waals surface area contributed by atoms with Crippen molar-refractivity contribution in [1.82, 2.24) is 9.65 Å². The van der Waals surface area contributed by atoms with Crippen molar-refractivity contribution in [2.75, 3.05) is 18.1 Å². The first-order chi connectivity index (χ1) is 14.7. The van der Waals surface area contributed by atoms with Gasteiger partial charge in [-0.15, -0.1) is 0 Å². The number of amides is 2. The minimum absolute atomic E-state index is 0.0192. The van der Waals surface area contributed by atoms with Crippen LogP contribution >= 0.6 is 7.75 Å². The van der Waals surface area contributed by atoms with Crippen molar-refractivity contribution in [1.29, 1.82) is 5.26 Å². The van der Waals surface area contributed by atoms with Crippen molar-refractivity contribution < 1.29 is 33.4 Å². The molecule has 2 amide bonds. The predicted octanol–water partition coefficient (Wildman–Crippen LogP) is 1.65. The molecule has 0 saturated carbocycles. The Balaban J connectivity index is 1.60. The smallest absolute Gasteiger partial charge is 0.432 e. The van der Waals surface area contributed by atoms with Gasteiger partial charge in [0.1, 0.15) is 36.3 Å². The third-order valence-corrected chi connectivity index (χ3v) is 6.15. The third kappa shape index (κ3) is 3.84. The Morgan fingerprint density at radius 1 is 1.35 bits per heavy atom. The number of anilines is 1. The van der Waals surface area contributed by atoms with Crippen LogP contribution in [0.1, 0.15) is 12.6 Å². The fourth-order valence-corrected chi connectivity index (χ4v) is 4.33. The molecule has 2 aliphatic rings. The Morgan fingerprint density at radius 2 is 2.10 bits per heavy atom. The number of carbonyl (C=O) groups excluding carboxylic acids is 2. The molecule has 0 radical (unpaired) electrons. The molecule has 31 heavy (non-hydrogen) atoms. The van der Waals surface area contributed by atoms with Crippen LogP contribution < -0.4 is 9.64 Å². The number of pyridine rings is 1. The van der Waals surface area contributed by atoms with Crippen LogP contribution in [-0.2, 0) is 14.1 Å². The molecule has 2 N–H and O–H groups in total. The molecule has 1 aromatic heterocycles. The minimum Gasteiger partial charge on any atom is -0.489 e. The molecule has 1 aromatic carbocycles. The first-order valence-electron chi connectivity index (χ1n) is 9.16. The minimum atomic E-state index is -4.86. The molecule has 1 saturated heterocycles. The van der Waals surface area contributed by atoms with Gasteiger partial charge in [-0.25, -0.2) is 19.0 Å². The highest BCUT2D eigenvalue weighted by molar-refractivity contribution is 7.49. The van der Waals surface area contributed by atoms with Gasteiger partial charge in [-0.05, 0) is 29.8 Å². The molecule has 0 bridgehead atoms. The van der Waals surface area contributed by atoms with Gasteiger partial charge in [-0.1, -0.05) is 6.07 Å². The fourth-order valence-electron chi connectivity index (χ4n) is 3.59. The average Bonchev–Trinajstić information content (AvgIpc) is 3.06. The number of rotatable bonds is 4. The third-order valence-electron chi connectivity index (χ3n) is 5.08. The van der Waals surface area contributed by atoms with Gasteiger partial charge in [-0.2, -0.15) is 5.26 Å². The molecule has 11 nitrogen and oxygen atoms in total. The van der Waals surface area contributed by atoms with E-state index in [4.69, 9.17) is 14.7 Å². The maximum atomic E-state index is 12.5. The molecule has 3 heterocycles. The Kier molecular flexibility index (Phi) is 5.15. The summed E-state index contributed by atoms with van der Waals surface area (Å²) in [6.45, 7) is 0.589. The van der Waals surface area contributed by atoms with Crippen LogP contribution in [0.4, 0.5) is 10.5 Å². The van der Waals surface area contributed by atoms with E-state index >= 15 is 0 Å². The maximum Gasteiger partial charge on any atom is 0.432 e. The van der Waals surface area contributed by atoms with E-state index in [2.05, 4.69) is 4.98 Å². The van der Waals surface area contributed by atoms with Crippen molar-refractivity contribution >= 4 is 25.4 Å². The number of nitrogens with zero attached hydrogens (tertiary/aromatic N) is 4. The summed E-state index contributed by atoms with van der Waals surface area (Å²) in [7, 11) is -4.86. The summed E-state index contributed by atoms with van der Waals surface area (Å²) >= 11 is 0. The molecule has 1 unspecified atom stereocenters. The summed E-state index contributed by atoms with van der Waals surface area (Å²) in [5.74, 6) is -0.408. The molecule has 2 aromatic rings. The summed E-state index contributed by atoms with van der Waals surface area (Å²) in [5, 5.41) is 8.87. The zero-order valence-corrected chi connectivity index (χ0v) is 17.1. The second-order valence-electron chi connectivity index (χ2n) is 7.01. The normalized spacial score (nSPS) is 19.5.